The van der Waals surface area contributed by atoms with Crippen LogP contribution in [0, 0.1) is 0 Å². The fraction of sp³-hybridized carbons (Fsp3) is 0.571. The van der Waals surface area contributed by atoms with Crippen LogP contribution in [0.1, 0.15) is 12.0 Å². The van der Waals surface area contributed by atoms with Gasteiger partial charge in [0.15, 0.2) is 0 Å². The smallest absolute Gasteiger partial charge is 0.0426 e. The molecule has 0 aliphatic heterocycles. The molecule has 0 bridgehead atoms. The molecule has 0 fully saturated rings. The minimum absolute atomic E-state index is 0.796. The van der Waals surface area contributed by atoms with Gasteiger partial charge in [-0.15, -0.1) is 0 Å². The zero-order chi connectivity index (χ0) is 13.5. The molecule has 3 nitrogen and oxygen atoms in total. The van der Waals surface area contributed by atoms with Gasteiger partial charge in [-0.3, -0.25) is 0 Å². The van der Waals surface area contributed by atoms with E-state index in [0.29, 0.717) is 0 Å². The molecule has 102 valence electrons. The van der Waals surface area contributed by atoms with Crippen LogP contribution in [-0.2, 0) is 6.54 Å². The third-order valence-corrected chi connectivity index (χ3v) is 3.16. The summed E-state index contributed by atoms with van der Waals surface area (Å²) >= 11 is 6.09. The summed E-state index contributed by atoms with van der Waals surface area (Å²) in [6.45, 7) is 3.01. The Morgan fingerprint density at radius 3 is 2.50 bits per heavy atom. The van der Waals surface area contributed by atoms with E-state index in [4.69, 9.17) is 11.6 Å². The normalized spacial score (nSPS) is 11.0. The van der Waals surface area contributed by atoms with Crippen LogP contribution in [0.2, 0.25) is 5.02 Å². The summed E-state index contributed by atoms with van der Waals surface area (Å²) in [5, 5.41) is 3.99. The van der Waals surface area contributed by atoms with Crippen molar-refractivity contribution in [1.29, 1.82) is 0 Å². The minimum Gasteiger partial charge on any atom is -0.374 e. The summed E-state index contributed by atoms with van der Waals surface area (Å²) in [7, 11) is 8.29. The number of rotatable bonds is 7. The van der Waals surface area contributed by atoms with Gasteiger partial charge in [0, 0.05) is 30.8 Å². The van der Waals surface area contributed by atoms with Crippen molar-refractivity contribution in [3.63, 3.8) is 0 Å². The number of hydrogen-bond donors (Lipinski definition) is 1. The van der Waals surface area contributed by atoms with E-state index in [1.54, 1.807) is 0 Å². The molecule has 1 rings (SSSR count). The van der Waals surface area contributed by atoms with Crippen LogP contribution >= 0.6 is 11.6 Å². The second-order valence-corrected chi connectivity index (χ2v) is 5.32. The van der Waals surface area contributed by atoms with E-state index in [1.165, 1.54) is 11.3 Å². The van der Waals surface area contributed by atoms with Crippen molar-refractivity contribution >= 4 is 17.3 Å². The number of nitrogens with one attached hydrogen (secondary N) is 1. The van der Waals surface area contributed by atoms with Crippen LogP contribution in [0.25, 0.3) is 0 Å². The summed E-state index contributed by atoms with van der Waals surface area (Å²) in [6.07, 6.45) is 1.15. The molecule has 0 heterocycles. The average molecular weight is 270 g/mol. The van der Waals surface area contributed by atoms with Gasteiger partial charge in [-0.25, -0.2) is 0 Å². The molecule has 0 atom stereocenters. The maximum Gasteiger partial charge on any atom is 0.0426 e. The first-order valence-electron chi connectivity index (χ1n) is 6.33. The third-order valence-electron chi connectivity index (χ3n) is 2.92. The van der Waals surface area contributed by atoms with Gasteiger partial charge in [0.1, 0.15) is 0 Å². The molecule has 0 amide bonds. The molecule has 4 heteroatoms. The molecule has 0 saturated carbocycles. The summed E-state index contributed by atoms with van der Waals surface area (Å²) in [4.78, 5) is 4.49. The molecular weight excluding hydrogens is 246 g/mol. The van der Waals surface area contributed by atoms with Crippen LogP contribution in [0.15, 0.2) is 18.2 Å². The maximum atomic E-state index is 6.09. The van der Waals surface area contributed by atoms with Crippen LogP contribution in [0.5, 0.6) is 0 Å². The van der Waals surface area contributed by atoms with Gasteiger partial charge >= 0.3 is 0 Å². The first-order valence-corrected chi connectivity index (χ1v) is 6.71. The Hall–Kier alpha value is -0.770. The molecule has 0 aliphatic rings. The number of halogens is 1. The van der Waals surface area contributed by atoms with E-state index >= 15 is 0 Å². The summed E-state index contributed by atoms with van der Waals surface area (Å²) < 4.78 is 0. The van der Waals surface area contributed by atoms with Gasteiger partial charge in [-0.1, -0.05) is 17.7 Å². The lowest BCUT2D eigenvalue weighted by molar-refractivity contribution is 0.401. The van der Waals surface area contributed by atoms with Crippen molar-refractivity contribution in [3.8, 4) is 0 Å². The molecule has 18 heavy (non-hydrogen) atoms. The summed E-state index contributed by atoms with van der Waals surface area (Å²) in [5.41, 5.74) is 2.50. The van der Waals surface area contributed by atoms with Gasteiger partial charge in [-0.05, 0) is 51.8 Å². The number of anilines is 1. The van der Waals surface area contributed by atoms with E-state index in [2.05, 4.69) is 42.3 Å². The SMILES string of the molecule is CNCc1ccc(Cl)cc1N(C)CCCN(C)C. The zero-order valence-electron chi connectivity index (χ0n) is 11.8. The maximum absolute atomic E-state index is 6.09. The molecule has 0 aromatic heterocycles. The van der Waals surface area contributed by atoms with Gasteiger partial charge in [0.25, 0.3) is 0 Å². The fourth-order valence-corrected chi connectivity index (χ4v) is 2.14. The zero-order valence-corrected chi connectivity index (χ0v) is 12.6. The van der Waals surface area contributed by atoms with Gasteiger partial charge in [0.05, 0.1) is 0 Å². The monoisotopic (exact) mass is 269 g/mol. The Balaban J connectivity index is 2.70. The van der Waals surface area contributed by atoms with Gasteiger partial charge in [-0.2, -0.15) is 0 Å². The van der Waals surface area contributed by atoms with Crippen LogP contribution in [0.4, 0.5) is 5.69 Å². The molecule has 0 aliphatic carbocycles. The molecule has 0 radical (unpaired) electrons. The topological polar surface area (TPSA) is 18.5 Å². The average Bonchev–Trinajstić information content (AvgIpc) is 2.31. The quantitative estimate of drug-likeness (QED) is 0.820. The highest BCUT2D eigenvalue weighted by Gasteiger charge is 2.07. The van der Waals surface area contributed by atoms with Gasteiger partial charge < -0.3 is 15.1 Å². The Labute approximate surface area is 116 Å². The van der Waals surface area contributed by atoms with Crippen LogP contribution in [0.3, 0.4) is 0 Å². The van der Waals surface area contributed by atoms with Crippen LogP contribution < -0.4 is 10.2 Å². The van der Waals surface area contributed by atoms with Crippen molar-refractivity contribution < 1.29 is 0 Å². The lowest BCUT2D eigenvalue weighted by atomic mass is 10.1. The first kappa shape index (κ1) is 15.3. The van der Waals surface area contributed by atoms with E-state index in [9.17, 15) is 0 Å². The highest BCUT2D eigenvalue weighted by molar-refractivity contribution is 6.30. The second kappa shape index (κ2) is 7.62. The number of benzene rings is 1. The molecule has 1 N–H and O–H groups in total. The van der Waals surface area contributed by atoms with Crippen molar-refractivity contribution in [2.45, 2.75) is 13.0 Å². The third kappa shape index (κ3) is 4.84. The van der Waals surface area contributed by atoms with Crippen molar-refractivity contribution in [1.82, 2.24) is 10.2 Å². The number of hydrogen-bond acceptors (Lipinski definition) is 3. The molecular formula is C14H24ClN3. The van der Waals surface area contributed by atoms with E-state index in [-0.39, 0.29) is 0 Å². The largest absolute Gasteiger partial charge is 0.374 e. The first-order chi connectivity index (χ1) is 8.54. The van der Waals surface area contributed by atoms with E-state index in [1.807, 2.05) is 19.2 Å². The summed E-state index contributed by atoms with van der Waals surface area (Å²) in [5.74, 6) is 0. The molecule has 0 saturated heterocycles. The van der Waals surface area contributed by atoms with E-state index < -0.39 is 0 Å². The number of nitrogens with zero attached hydrogens (tertiary/aromatic N) is 2. The minimum atomic E-state index is 0.796. The predicted molar refractivity (Wildman–Crippen MR) is 80.7 cm³/mol. The van der Waals surface area contributed by atoms with Crippen molar-refractivity contribution in [2.24, 2.45) is 0 Å². The highest BCUT2D eigenvalue weighted by atomic mass is 35.5. The fourth-order valence-electron chi connectivity index (χ4n) is 1.98. The molecule has 1 aromatic rings. The van der Waals surface area contributed by atoms with Gasteiger partial charge in [0.2, 0.25) is 0 Å². The van der Waals surface area contributed by atoms with Crippen molar-refractivity contribution in [2.75, 3.05) is 46.2 Å². The molecule has 0 unspecified atom stereocenters. The lowest BCUT2D eigenvalue weighted by Gasteiger charge is -2.23. The Morgan fingerprint density at radius 2 is 1.89 bits per heavy atom. The Bertz CT molecular complexity index is 366. The lowest BCUT2D eigenvalue weighted by Crippen LogP contribution is -2.24. The van der Waals surface area contributed by atoms with Crippen LogP contribution in [-0.4, -0.2) is 46.2 Å². The second-order valence-electron chi connectivity index (χ2n) is 4.88. The molecule has 0 spiro atoms. The Morgan fingerprint density at radius 1 is 1.17 bits per heavy atom. The van der Waals surface area contributed by atoms with Crippen molar-refractivity contribution in [3.05, 3.63) is 28.8 Å². The highest BCUT2D eigenvalue weighted by Crippen LogP contribution is 2.24. The predicted octanol–water partition coefficient (Wildman–Crippen LogP) is 2.45. The van der Waals surface area contributed by atoms with E-state index in [0.717, 1.165) is 31.1 Å². The Kier molecular flexibility index (Phi) is 6.47. The molecule has 1 aromatic carbocycles. The standard InChI is InChI=1S/C14H24ClN3/c1-16-11-12-6-7-13(15)10-14(12)18(4)9-5-8-17(2)3/h6-7,10,16H,5,8-9,11H2,1-4H3. The summed E-state index contributed by atoms with van der Waals surface area (Å²) in [6, 6.07) is 6.09.